The first-order chi connectivity index (χ1) is 16.0. The highest BCUT2D eigenvalue weighted by Crippen LogP contribution is 2.20. The molecule has 3 aromatic rings. The lowest BCUT2D eigenvalue weighted by atomic mass is 10.1. The van der Waals surface area contributed by atoms with Crippen molar-refractivity contribution >= 4 is 23.4 Å². The van der Waals surface area contributed by atoms with E-state index in [1.54, 1.807) is 36.4 Å². The van der Waals surface area contributed by atoms with Gasteiger partial charge in [-0.3, -0.25) is 14.4 Å². The van der Waals surface area contributed by atoms with E-state index in [4.69, 9.17) is 0 Å². The average molecular weight is 442 g/mol. The van der Waals surface area contributed by atoms with Gasteiger partial charge in [-0.15, -0.1) is 0 Å². The number of hydrogen-bond donors (Lipinski definition) is 2. The lowest BCUT2D eigenvalue weighted by molar-refractivity contribution is -0.128. The lowest BCUT2D eigenvalue weighted by Gasteiger charge is -2.17. The third-order valence-corrected chi connectivity index (χ3v) is 5.83. The number of nitrogens with zero attached hydrogens (tertiary/aromatic N) is 1. The van der Waals surface area contributed by atoms with Crippen LogP contribution in [0.1, 0.15) is 57.7 Å². The third kappa shape index (κ3) is 5.47. The van der Waals surface area contributed by atoms with Crippen molar-refractivity contribution in [3.63, 3.8) is 0 Å². The predicted octanol–water partition coefficient (Wildman–Crippen LogP) is 4.55. The standard InChI is InChI=1S/C27H27N3O3/c1-19(21-8-3-2-4-9-21)28-27(33)23-10-5-6-11-24(23)29-26(32)22-15-13-20(14-16-22)18-30-17-7-12-25(30)31/h2-6,8-11,13-16,19H,7,12,17-18H2,1H3,(H,28,33)(H,29,32)/t19-/m1/s1. The maximum Gasteiger partial charge on any atom is 0.255 e. The van der Waals surface area contributed by atoms with E-state index in [1.807, 2.05) is 54.3 Å². The zero-order valence-electron chi connectivity index (χ0n) is 18.6. The molecule has 1 aliphatic heterocycles. The molecular weight excluding hydrogens is 414 g/mol. The van der Waals surface area contributed by atoms with Gasteiger partial charge in [-0.2, -0.15) is 0 Å². The zero-order valence-corrected chi connectivity index (χ0v) is 18.6. The fraction of sp³-hybridized carbons (Fsp3) is 0.222. The molecule has 3 amide bonds. The maximum absolute atomic E-state index is 12.9. The van der Waals surface area contributed by atoms with E-state index in [2.05, 4.69) is 10.6 Å². The minimum Gasteiger partial charge on any atom is -0.345 e. The minimum absolute atomic E-state index is 0.169. The molecule has 0 unspecified atom stereocenters. The summed E-state index contributed by atoms with van der Waals surface area (Å²) in [6.45, 7) is 3.26. The Bertz CT molecular complexity index is 1140. The van der Waals surface area contributed by atoms with Crippen molar-refractivity contribution in [3.8, 4) is 0 Å². The SMILES string of the molecule is C[C@@H](NC(=O)c1ccccc1NC(=O)c1ccc(CN2CCCC2=O)cc1)c1ccccc1. The maximum atomic E-state index is 12.9. The normalized spacial score (nSPS) is 14.1. The fourth-order valence-electron chi connectivity index (χ4n) is 3.94. The molecule has 1 saturated heterocycles. The molecule has 168 valence electrons. The molecule has 6 heteroatoms. The number of likely N-dealkylation sites (tertiary alicyclic amines) is 1. The molecule has 3 aromatic carbocycles. The highest BCUT2D eigenvalue weighted by atomic mass is 16.2. The molecular formula is C27H27N3O3. The van der Waals surface area contributed by atoms with Crippen LogP contribution in [-0.4, -0.2) is 29.2 Å². The molecule has 0 saturated carbocycles. The minimum atomic E-state index is -0.296. The van der Waals surface area contributed by atoms with Gasteiger partial charge < -0.3 is 15.5 Å². The topological polar surface area (TPSA) is 78.5 Å². The Labute approximate surface area is 193 Å². The van der Waals surface area contributed by atoms with Crippen LogP contribution in [0.15, 0.2) is 78.9 Å². The van der Waals surface area contributed by atoms with Crippen molar-refractivity contribution < 1.29 is 14.4 Å². The summed E-state index contributed by atoms with van der Waals surface area (Å²) in [7, 11) is 0. The number of para-hydroxylation sites is 1. The van der Waals surface area contributed by atoms with Gasteiger partial charge in [0.15, 0.2) is 0 Å². The Kier molecular flexibility index (Phi) is 6.83. The molecule has 1 fully saturated rings. The van der Waals surface area contributed by atoms with Gasteiger partial charge in [0.25, 0.3) is 11.8 Å². The summed E-state index contributed by atoms with van der Waals surface area (Å²) in [5.74, 6) is -0.378. The third-order valence-electron chi connectivity index (χ3n) is 5.83. The van der Waals surface area contributed by atoms with Gasteiger partial charge in [0.1, 0.15) is 0 Å². The van der Waals surface area contributed by atoms with Crippen LogP contribution in [0, 0.1) is 0 Å². The Hall–Kier alpha value is -3.93. The van der Waals surface area contributed by atoms with Crippen LogP contribution in [0.25, 0.3) is 0 Å². The highest BCUT2D eigenvalue weighted by Gasteiger charge is 2.20. The molecule has 4 rings (SSSR count). The Morgan fingerprint density at radius 1 is 0.909 bits per heavy atom. The highest BCUT2D eigenvalue weighted by molar-refractivity contribution is 6.09. The van der Waals surface area contributed by atoms with Crippen molar-refractivity contribution in [2.45, 2.75) is 32.4 Å². The van der Waals surface area contributed by atoms with E-state index in [1.165, 1.54) is 0 Å². The van der Waals surface area contributed by atoms with Gasteiger partial charge in [-0.1, -0.05) is 54.6 Å². The number of carbonyl (C=O) groups is 3. The summed E-state index contributed by atoms with van der Waals surface area (Å²) in [4.78, 5) is 39.4. The van der Waals surface area contributed by atoms with Gasteiger partial charge in [0, 0.05) is 25.1 Å². The van der Waals surface area contributed by atoms with E-state index in [-0.39, 0.29) is 23.8 Å². The Morgan fingerprint density at radius 3 is 2.30 bits per heavy atom. The quantitative estimate of drug-likeness (QED) is 0.565. The number of rotatable bonds is 7. The smallest absolute Gasteiger partial charge is 0.255 e. The molecule has 1 atom stereocenters. The number of hydrogen-bond acceptors (Lipinski definition) is 3. The van der Waals surface area contributed by atoms with Gasteiger partial charge in [0.05, 0.1) is 17.3 Å². The van der Waals surface area contributed by atoms with Crippen molar-refractivity contribution in [1.29, 1.82) is 0 Å². The fourth-order valence-corrected chi connectivity index (χ4v) is 3.94. The van der Waals surface area contributed by atoms with E-state index in [9.17, 15) is 14.4 Å². The van der Waals surface area contributed by atoms with Gasteiger partial charge >= 0.3 is 0 Å². The van der Waals surface area contributed by atoms with Crippen LogP contribution < -0.4 is 10.6 Å². The Morgan fingerprint density at radius 2 is 1.61 bits per heavy atom. The second-order valence-electron chi connectivity index (χ2n) is 8.22. The summed E-state index contributed by atoms with van der Waals surface area (Å²) in [5, 5.41) is 5.84. The van der Waals surface area contributed by atoms with Crippen molar-refractivity contribution in [1.82, 2.24) is 10.2 Å². The van der Waals surface area contributed by atoms with Crippen LogP contribution in [0.4, 0.5) is 5.69 Å². The number of anilines is 1. The summed E-state index contributed by atoms with van der Waals surface area (Å²) in [5.41, 5.74) is 3.32. The van der Waals surface area contributed by atoms with Gasteiger partial charge in [0.2, 0.25) is 5.91 Å². The van der Waals surface area contributed by atoms with Crippen molar-refractivity contribution in [3.05, 3.63) is 101 Å². The second kappa shape index (κ2) is 10.1. The summed E-state index contributed by atoms with van der Waals surface area (Å²) in [6.07, 6.45) is 1.51. The monoisotopic (exact) mass is 441 g/mol. The second-order valence-corrected chi connectivity index (χ2v) is 8.22. The molecule has 6 nitrogen and oxygen atoms in total. The molecule has 2 N–H and O–H groups in total. The van der Waals surface area contributed by atoms with Crippen LogP contribution in [0.5, 0.6) is 0 Å². The largest absolute Gasteiger partial charge is 0.345 e. The zero-order chi connectivity index (χ0) is 23.2. The number of amides is 3. The van der Waals surface area contributed by atoms with Crippen LogP contribution in [0.3, 0.4) is 0 Å². The summed E-state index contributed by atoms with van der Waals surface area (Å²) in [6, 6.07) is 23.7. The average Bonchev–Trinajstić information content (AvgIpc) is 3.24. The molecule has 0 radical (unpaired) electrons. The van der Waals surface area contributed by atoms with Crippen LogP contribution in [-0.2, 0) is 11.3 Å². The first-order valence-corrected chi connectivity index (χ1v) is 11.1. The number of benzene rings is 3. The van der Waals surface area contributed by atoms with Gasteiger partial charge in [-0.25, -0.2) is 0 Å². The number of carbonyl (C=O) groups excluding carboxylic acids is 3. The predicted molar refractivity (Wildman–Crippen MR) is 128 cm³/mol. The van der Waals surface area contributed by atoms with E-state index >= 15 is 0 Å². The first kappa shape index (κ1) is 22.3. The lowest BCUT2D eigenvalue weighted by Crippen LogP contribution is -2.28. The van der Waals surface area contributed by atoms with E-state index < -0.39 is 0 Å². The van der Waals surface area contributed by atoms with Crippen molar-refractivity contribution in [2.75, 3.05) is 11.9 Å². The molecule has 0 bridgehead atoms. The molecule has 0 aliphatic carbocycles. The molecule has 0 aromatic heterocycles. The molecule has 0 spiro atoms. The first-order valence-electron chi connectivity index (χ1n) is 11.1. The summed E-state index contributed by atoms with van der Waals surface area (Å²) >= 11 is 0. The number of nitrogens with one attached hydrogen (secondary N) is 2. The molecule has 33 heavy (non-hydrogen) atoms. The van der Waals surface area contributed by atoms with Gasteiger partial charge in [-0.05, 0) is 48.7 Å². The summed E-state index contributed by atoms with van der Waals surface area (Å²) < 4.78 is 0. The van der Waals surface area contributed by atoms with Crippen LogP contribution in [0.2, 0.25) is 0 Å². The van der Waals surface area contributed by atoms with E-state index in [0.29, 0.717) is 29.8 Å². The molecule has 1 heterocycles. The van der Waals surface area contributed by atoms with Crippen LogP contribution >= 0.6 is 0 Å². The van der Waals surface area contributed by atoms with E-state index in [0.717, 1.165) is 24.1 Å². The molecule has 1 aliphatic rings. The Balaban J connectivity index is 1.42. The van der Waals surface area contributed by atoms with Crippen molar-refractivity contribution in [2.24, 2.45) is 0 Å².